The number of nitrogens with zero attached hydrogens (tertiary/aromatic N) is 6. The maximum absolute atomic E-state index is 13.1. The summed E-state index contributed by atoms with van der Waals surface area (Å²) >= 11 is 0. The summed E-state index contributed by atoms with van der Waals surface area (Å²) in [5.74, 6) is 0.941. The summed E-state index contributed by atoms with van der Waals surface area (Å²) in [6, 6.07) is 7.76. The van der Waals surface area contributed by atoms with Crippen LogP contribution in [0, 0.1) is 5.41 Å². The Morgan fingerprint density at radius 1 is 1.03 bits per heavy atom. The first-order valence-corrected chi connectivity index (χ1v) is 11.8. The monoisotopic (exact) mass is 453 g/mol. The Hall–Kier alpha value is -3.65. The van der Waals surface area contributed by atoms with Crippen molar-refractivity contribution in [3.63, 3.8) is 0 Å². The number of aromatic nitrogens is 5. The Morgan fingerprint density at radius 3 is 2.68 bits per heavy atom. The van der Waals surface area contributed by atoms with Gasteiger partial charge in [-0.25, -0.2) is 4.98 Å². The number of piperidine rings is 1. The molecule has 0 radical (unpaired) electrons. The lowest BCUT2D eigenvalue weighted by molar-refractivity contribution is 0.0992. The smallest absolute Gasteiger partial charge is 0.169 e. The number of carbonyl (C=O) groups is 1. The minimum absolute atomic E-state index is 0.0453. The van der Waals surface area contributed by atoms with Gasteiger partial charge >= 0.3 is 0 Å². The fourth-order valence-corrected chi connectivity index (χ4v) is 5.13. The molecule has 1 N–H and O–H groups in total. The standard InChI is InChI=1S/C26H27N7O/c1-32-15-21(13-31-32)20-8-19-9-22(29-14-23(19)30-12-20)11-24(34)18-2-5-28-25(10-18)33-16-26(17-33)3-6-27-7-4-26/h2,5,8-10,12-15,27H,3-4,6-7,11,16-17H2,1H3. The molecule has 4 aromatic heterocycles. The summed E-state index contributed by atoms with van der Waals surface area (Å²) in [4.78, 5) is 28.9. The second-order valence-electron chi connectivity index (χ2n) is 9.60. The number of aryl methyl sites for hydroxylation is 1. The molecule has 172 valence electrons. The zero-order chi connectivity index (χ0) is 23.1. The number of pyridine rings is 3. The quantitative estimate of drug-likeness (QED) is 0.465. The second kappa shape index (κ2) is 8.29. The molecule has 6 heterocycles. The molecular formula is C26H27N7O. The van der Waals surface area contributed by atoms with E-state index in [-0.39, 0.29) is 12.2 Å². The molecule has 4 aromatic rings. The van der Waals surface area contributed by atoms with Gasteiger partial charge in [0.15, 0.2) is 5.78 Å². The predicted molar refractivity (Wildman–Crippen MR) is 131 cm³/mol. The molecule has 8 nitrogen and oxygen atoms in total. The van der Waals surface area contributed by atoms with Crippen LogP contribution in [0.5, 0.6) is 0 Å². The summed E-state index contributed by atoms with van der Waals surface area (Å²) in [6.07, 6.45) is 11.8. The summed E-state index contributed by atoms with van der Waals surface area (Å²) < 4.78 is 1.77. The largest absolute Gasteiger partial charge is 0.355 e. The predicted octanol–water partition coefficient (Wildman–Crippen LogP) is 3.04. The maximum Gasteiger partial charge on any atom is 0.169 e. The molecule has 2 aliphatic rings. The van der Waals surface area contributed by atoms with Crippen molar-refractivity contribution in [2.24, 2.45) is 12.5 Å². The van der Waals surface area contributed by atoms with Gasteiger partial charge in [0.25, 0.3) is 0 Å². The third-order valence-electron chi connectivity index (χ3n) is 7.11. The molecule has 2 fully saturated rings. The Balaban J connectivity index is 1.18. The first kappa shape index (κ1) is 20.9. The molecular weight excluding hydrogens is 426 g/mol. The molecule has 0 amide bonds. The fourth-order valence-electron chi connectivity index (χ4n) is 5.13. The maximum atomic E-state index is 13.1. The molecule has 0 aromatic carbocycles. The van der Waals surface area contributed by atoms with Crippen LogP contribution in [0.25, 0.3) is 22.0 Å². The van der Waals surface area contributed by atoms with Crippen LogP contribution in [0.15, 0.2) is 55.2 Å². The number of Topliss-reactive ketones (excluding diaryl/α,β-unsaturated/α-hetero) is 1. The van der Waals surface area contributed by atoms with Gasteiger partial charge in [-0.3, -0.25) is 19.4 Å². The summed E-state index contributed by atoms with van der Waals surface area (Å²) in [5, 5.41) is 8.64. The minimum atomic E-state index is 0.0453. The number of anilines is 1. The SMILES string of the molecule is Cn1cc(-c2cnc3cnc(CC(=O)c4ccnc(N5CC6(CCNCC6)C5)c4)cc3c2)cn1. The molecule has 0 saturated carbocycles. The van der Waals surface area contributed by atoms with Crippen molar-refractivity contribution in [1.29, 1.82) is 0 Å². The highest BCUT2D eigenvalue weighted by Crippen LogP contribution is 2.40. The van der Waals surface area contributed by atoms with E-state index in [1.54, 1.807) is 23.1 Å². The van der Waals surface area contributed by atoms with E-state index in [4.69, 9.17) is 0 Å². The molecule has 8 heteroatoms. The molecule has 2 saturated heterocycles. The van der Waals surface area contributed by atoms with Crippen molar-refractivity contribution < 1.29 is 4.79 Å². The molecule has 0 aliphatic carbocycles. The molecule has 0 unspecified atom stereocenters. The van der Waals surface area contributed by atoms with Gasteiger partial charge in [-0.2, -0.15) is 5.10 Å². The lowest BCUT2D eigenvalue weighted by Gasteiger charge is -2.53. The van der Waals surface area contributed by atoms with E-state index in [1.165, 1.54) is 12.8 Å². The fraction of sp³-hybridized carbons (Fsp3) is 0.346. The highest BCUT2D eigenvalue weighted by molar-refractivity contribution is 5.98. The zero-order valence-corrected chi connectivity index (χ0v) is 19.2. The van der Waals surface area contributed by atoms with Crippen molar-refractivity contribution in [1.82, 2.24) is 30.0 Å². The molecule has 1 spiro atoms. The van der Waals surface area contributed by atoms with Crippen LogP contribution < -0.4 is 10.2 Å². The van der Waals surface area contributed by atoms with Crippen molar-refractivity contribution in [2.45, 2.75) is 19.3 Å². The molecule has 0 atom stereocenters. The van der Waals surface area contributed by atoms with Crippen LogP contribution in [0.2, 0.25) is 0 Å². The van der Waals surface area contributed by atoms with Crippen molar-refractivity contribution in [3.05, 3.63) is 66.5 Å². The summed E-state index contributed by atoms with van der Waals surface area (Å²) in [5.41, 5.74) is 4.64. The van der Waals surface area contributed by atoms with Crippen LogP contribution in [0.4, 0.5) is 5.82 Å². The Labute approximate surface area is 198 Å². The first-order chi connectivity index (χ1) is 16.6. The number of hydrogen-bond donors (Lipinski definition) is 1. The molecule has 2 aliphatic heterocycles. The van der Waals surface area contributed by atoms with E-state index in [2.05, 4.69) is 36.3 Å². The van der Waals surface area contributed by atoms with Gasteiger partial charge in [0.1, 0.15) is 5.82 Å². The third kappa shape index (κ3) is 3.94. The molecule has 6 rings (SSSR count). The van der Waals surface area contributed by atoms with E-state index < -0.39 is 0 Å². The van der Waals surface area contributed by atoms with E-state index in [1.807, 2.05) is 37.8 Å². The number of carbonyl (C=O) groups excluding carboxylic acids is 1. The third-order valence-corrected chi connectivity index (χ3v) is 7.11. The van der Waals surface area contributed by atoms with Gasteiger partial charge in [-0.05, 0) is 50.2 Å². The molecule has 34 heavy (non-hydrogen) atoms. The Morgan fingerprint density at radius 2 is 1.88 bits per heavy atom. The lowest BCUT2D eigenvalue weighted by atomic mass is 9.72. The van der Waals surface area contributed by atoms with Gasteiger partial charge < -0.3 is 10.2 Å². The minimum Gasteiger partial charge on any atom is -0.355 e. The van der Waals surface area contributed by atoms with Gasteiger partial charge in [-0.1, -0.05) is 0 Å². The normalized spacial score (nSPS) is 17.1. The average Bonchev–Trinajstić information content (AvgIpc) is 3.29. The highest BCUT2D eigenvalue weighted by Gasteiger charge is 2.43. The van der Waals surface area contributed by atoms with Crippen LogP contribution in [-0.2, 0) is 13.5 Å². The van der Waals surface area contributed by atoms with Crippen LogP contribution in [0.1, 0.15) is 28.9 Å². The number of rotatable bonds is 5. The van der Waals surface area contributed by atoms with E-state index in [0.29, 0.717) is 11.0 Å². The number of nitrogens with one attached hydrogen (secondary N) is 1. The lowest BCUT2D eigenvalue weighted by Crippen LogP contribution is -2.60. The number of fused-ring (bicyclic) bond motifs is 1. The summed E-state index contributed by atoms with van der Waals surface area (Å²) in [6.45, 7) is 4.24. The second-order valence-corrected chi connectivity index (χ2v) is 9.60. The van der Waals surface area contributed by atoms with E-state index in [9.17, 15) is 4.79 Å². The average molecular weight is 454 g/mol. The number of ketones is 1. The Kier molecular flexibility index (Phi) is 5.10. The topological polar surface area (TPSA) is 88.8 Å². The van der Waals surface area contributed by atoms with E-state index in [0.717, 1.165) is 59.7 Å². The van der Waals surface area contributed by atoms with Crippen LogP contribution in [0.3, 0.4) is 0 Å². The van der Waals surface area contributed by atoms with Crippen molar-refractivity contribution in [2.75, 3.05) is 31.1 Å². The van der Waals surface area contributed by atoms with Gasteiger partial charge in [0, 0.05) is 71.9 Å². The van der Waals surface area contributed by atoms with Gasteiger partial charge in [0.05, 0.1) is 24.3 Å². The Bertz CT molecular complexity index is 1360. The summed E-state index contributed by atoms with van der Waals surface area (Å²) in [7, 11) is 1.89. The van der Waals surface area contributed by atoms with Crippen molar-refractivity contribution >= 4 is 22.5 Å². The van der Waals surface area contributed by atoms with Crippen LogP contribution in [-0.4, -0.2) is 56.7 Å². The van der Waals surface area contributed by atoms with Gasteiger partial charge in [0.2, 0.25) is 0 Å². The van der Waals surface area contributed by atoms with Crippen molar-refractivity contribution in [3.8, 4) is 11.1 Å². The number of hydrogen-bond acceptors (Lipinski definition) is 7. The van der Waals surface area contributed by atoms with E-state index >= 15 is 0 Å². The zero-order valence-electron chi connectivity index (χ0n) is 19.2. The van der Waals surface area contributed by atoms with Crippen LogP contribution >= 0.6 is 0 Å². The first-order valence-electron chi connectivity index (χ1n) is 11.8. The molecule has 0 bridgehead atoms. The van der Waals surface area contributed by atoms with Gasteiger partial charge in [-0.15, -0.1) is 0 Å². The highest BCUT2D eigenvalue weighted by atomic mass is 16.1.